The molecular weight excluding hydrogens is 385 g/mol. The minimum atomic E-state index is -5.09. The highest BCUT2D eigenvalue weighted by Crippen LogP contribution is 2.58. The van der Waals surface area contributed by atoms with Crippen molar-refractivity contribution in [1.29, 1.82) is 0 Å². The number of benzene rings is 2. The molecule has 0 saturated heterocycles. The van der Waals surface area contributed by atoms with E-state index in [0.717, 1.165) is 32.4 Å². The summed E-state index contributed by atoms with van der Waals surface area (Å²) in [6.07, 6.45) is -5.09. The molecule has 2 aromatic carbocycles. The molecule has 0 spiro atoms. The molecule has 28 heavy (non-hydrogen) atoms. The second-order valence-corrected chi connectivity index (χ2v) is 6.07. The number of phenols is 1. The normalized spacial score (nSPS) is 20.0. The molecule has 0 aromatic heterocycles. The van der Waals surface area contributed by atoms with Gasteiger partial charge in [0.05, 0.1) is 14.2 Å². The summed E-state index contributed by atoms with van der Waals surface area (Å²) < 4.78 is 68.5. The molecule has 2 heterocycles. The number of aromatic hydroxyl groups is 1. The maximum absolute atomic E-state index is 14.4. The standard InChI is InChI=1S/C18H13F3O7/c1-24-13-3-8(4-14(25-2)15(13)22)17(18(19,20)21)9-5-11-12(27-7-26-11)6-10(9)28-16(17)23/h3-6,22H,7H2,1-2H3. The van der Waals surface area contributed by atoms with E-state index in [1.807, 2.05) is 0 Å². The second-order valence-electron chi connectivity index (χ2n) is 6.07. The molecule has 4 rings (SSSR count). The Kier molecular flexibility index (Phi) is 3.78. The Morgan fingerprint density at radius 2 is 1.57 bits per heavy atom. The van der Waals surface area contributed by atoms with Crippen molar-refractivity contribution in [2.24, 2.45) is 0 Å². The zero-order chi connectivity index (χ0) is 20.3. The minimum Gasteiger partial charge on any atom is -0.502 e. The molecule has 1 unspecified atom stereocenters. The van der Waals surface area contributed by atoms with Crippen molar-refractivity contribution in [2.75, 3.05) is 21.0 Å². The van der Waals surface area contributed by atoms with Crippen LogP contribution in [0.5, 0.6) is 34.5 Å². The van der Waals surface area contributed by atoms with Crippen LogP contribution in [-0.4, -0.2) is 38.3 Å². The highest BCUT2D eigenvalue weighted by Gasteiger charge is 2.68. The van der Waals surface area contributed by atoms with Crippen LogP contribution in [0.25, 0.3) is 0 Å². The van der Waals surface area contributed by atoms with Crippen molar-refractivity contribution in [1.82, 2.24) is 0 Å². The van der Waals surface area contributed by atoms with Gasteiger partial charge >= 0.3 is 12.1 Å². The molecule has 0 saturated carbocycles. The quantitative estimate of drug-likeness (QED) is 0.629. The third-order valence-electron chi connectivity index (χ3n) is 4.73. The smallest absolute Gasteiger partial charge is 0.413 e. The number of halogens is 3. The number of hydrogen-bond acceptors (Lipinski definition) is 7. The van der Waals surface area contributed by atoms with Crippen LogP contribution < -0.4 is 23.7 Å². The fourth-order valence-corrected chi connectivity index (χ4v) is 3.40. The maximum Gasteiger partial charge on any atom is 0.413 e. The lowest BCUT2D eigenvalue weighted by molar-refractivity contribution is -0.189. The van der Waals surface area contributed by atoms with E-state index in [-0.39, 0.29) is 35.5 Å². The molecule has 2 aliphatic heterocycles. The van der Waals surface area contributed by atoms with Crippen LogP contribution in [0.2, 0.25) is 0 Å². The molecule has 0 radical (unpaired) electrons. The molecular formula is C18H13F3O7. The third kappa shape index (κ3) is 2.20. The number of methoxy groups -OCH3 is 2. The van der Waals surface area contributed by atoms with E-state index in [0.29, 0.717) is 0 Å². The first kappa shape index (κ1) is 18.1. The summed E-state index contributed by atoms with van der Waals surface area (Å²) in [5, 5.41) is 10.0. The van der Waals surface area contributed by atoms with Crippen LogP contribution in [0.4, 0.5) is 13.2 Å². The lowest BCUT2D eigenvalue weighted by Gasteiger charge is -2.30. The molecule has 2 aromatic rings. The van der Waals surface area contributed by atoms with Crippen LogP contribution in [0.3, 0.4) is 0 Å². The maximum atomic E-state index is 14.4. The van der Waals surface area contributed by atoms with Gasteiger partial charge in [-0.1, -0.05) is 0 Å². The molecule has 1 N–H and O–H groups in total. The van der Waals surface area contributed by atoms with Gasteiger partial charge in [-0.3, -0.25) is 0 Å². The average molecular weight is 398 g/mol. The van der Waals surface area contributed by atoms with E-state index in [9.17, 15) is 23.1 Å². The summed E-state index contributed by atoms with van der Waals surface area (Å²) >= 11 is 0. The first-order valence-corrected chi connectivity index (χ1v) is 7.92. The number of carbonyl (C=O) groups is 1. The number of hydrogen-bond donors (Lipinski definition) is 1. The predicted octanol–water partition coefficient (Wildman–Crippen LogP) is 2.91. The third-order valence-corrected chi connectivity index (χ3v) is 4.73. The number of alkyl halides is 3. The molecule has 10 heteroatoms. The van der Waals surface area contributed by atoms with Gasteiger partial charge in [0.2, 0.25) is 18.0 Å². The van der Waals surface area contributed by atoms with Gasteiger partial charge in [0.25, 0.3) is 0 Å². The Morgan fingerprint density at radius 3 is 2.11 bits per heavy atom. The van der Waals surface area contributed by atoms with E-state index < -0.39 is 34.4 Å². The number of esters is 1. The van der Waals surface area contributed by atoms with Crippen LogP contribution in [0.1, 0.15) is 11.1 Å². The number of phenolic OH excluding ortho intramolecular Hbond substituents is 1. The zero-order valence-corrected chi connectivity index (χ0v) is 14.5. The van der Waals surface area contributed by atoms with Crippen LogP contribution in [0, 0.1) is 0 Å². The van der Waals surface area contributed by atoms with E-state index in [4.69, 9.17) is 23.7 Å². The van der Waals surface area contributed by atoms with Gasteiger partial charge in [-0.05, 0) is 23.8 Å². The molecule has 7 nitrogen and oxygen atoms in total. The van der Waals surface area contributed by atoms with Crippen molar-refractivity contribution >= 4 is 5.97 Å². The van der Waals surface area contributed by atoms with Gasteiger partial charge < -0.3 is 28.8 Å². The van der Waals surface area contributed by atoms with E-state index in [1.165, 1.54) is 6.07 Å². The summed E-state index contributed by atoms with van der Waals surface area (Å²) in [6.45, 7) is -0.161. The SMILES string of the molecule is COc1cc(C2(C(F)(F)F)C(=O)Oc3cc4c(cc32)OCO4)cc(OC)c1O. The lowest BCUT2D eigenvalue weighted by Crippen LogP contribution is -2.48. The van der Waals surface area contributed by atoms with Crippen molar-refractivity contribution in [3.05, 3.63) is 35.4 Å². The summed E-state index contributed by atoms with van der Waals surface area (Å²) in [4.78, 5) is 12.6. The number of fused-ring (bicyclic) bond motifs is 2. The summed E-state index contributed by atoms with van der Waals surface area (Å²) in [6, 6.07) is 4.10. The van der Waals surface area contributed by atoms with E-state index >= 15 is 0 Å². The first-order valence-electron chi connectivity index (χ1n) is 7.92. The number of ether oxygens (including phenoxy) is 5. The van der Waals surface area contributed by atoms with Crippen molar-refractivity contribution in [3.8, 4) is 34.5 Å². The molecule has 0 fully saturated rings. The van der Waals surface area contributed by atoms with Crippen molar-refractivity contribution in [3.63, 3.8) is 0 Å². The van der Waals surface area contributed by atoms with Gasteiger partial charge in [-0.25, -0.2) is 4.79 Å². The average Bonchev–Trinajstić information content (AvgIpc) is 3.20. The summed E-state index contributed by atoms with van der Waals surface area (Å²) in [7, 11) is 2.33. The zero-order valence-electron chi connectivity index (χ0n) is 14.5. The molecule has 2 aliphatic rings. The van der Waals surface area contributed by atoms with Crippen LogP contribution >= 0.6 is 0 Å². The number of carbonyl (C=O) groups excluding carboxylic acids is 1. The van der Waals surface area contributed by atoms with Crippen molar-refractivity contribution in [2.45, 2.75) is 11.6 Å². The first-order chi connectivity index (χ1) is 13.2. The van der Waals surface area contributed by atoms with Gasteiger partial charge in [0.15, 0.2) is 23.0 Å². The van der Waals surface area contributed by atoms with E-state index in [2.05, 4.69) is 0 Å². The fourth-order valence-electron chi connectivity index (χ4n) is 3.40. The highest BCUT2D eigenvalue weighted by atomic mass is 19.4. The van der Waals surface area contributed by atoms with E-state index in [1.54, 1.807) is 0 Å². The molecule has 0 aliphatic carbocycles. The lowest BCUT2D eigenvalue weighted by atomic mass is 9.74. The van der Waals surface area contributed by atoms with Gasteiger partial charge in [-0.15, -0.1) is 0 Å². The Morgan fingerprint density at radius 1 is 1.00 bits per heavy atom. The van der Waals surface area contributed by atoms with Gasteiger partial charge in [-0.2, -0.15) is 13.2 Å². The monoisotopic (exact) mass is 398 g/mol. The Labute approximate surface area is 156 Å². The van der Waals surface area contributed by atoms with Crippen LogP contribution in [0.15, 0.2) is 24.3 Å². The molecule has 148 valence electrons. The van der Waals surface area contributed by atoms with Crippen molar-refractivity contribution < 1.29 is 46.8 Å². The van der Waals surface area contributed by atoms with Crippen LogP contribution in [-0.2, 0) is 10.2 Å². The molecule has 0 bridgehead atoms. The predicted molar refractivity (Wildman–Crippen MR) is 86.2 cm³/mol. The Balaban J connectivity index is 2.05. The van der Waals surface area contributed by atoms with Gasteiger partial charge in [0.1, 0.15) is 5.75 Å². The topological polar surface area (TPSA) is 83.5 Å². The van der Waals surface area contributed by atoms with Gasteiger partial charge in [0, 0.05) is 11.6 Å². The Bertz CT molecular complexity index is 961. The number of rotatable bonds is 3. The summed E-state index contributed by atoms with van der Waals surface area (Å²) in [5.41, 5.74) is -4.16. The largest absolute Gasteiger partial charge is 0.502 e. The molecule has 0 amide bonds. The highest BCUT2D eigenvalue weighted by molar-refractivity contribution is 5.96. The Hall–Kier alpha value is -3.30. The molecule has 1 atom stereocenters. The fraction of sp³-hybridized carbons (Fsp3) is 0.278. The summed E-state index contributed by atoms with van der Waals surface area (Å²) in [5.74, 6) is -2.69. The minimum absolute atomic E-state index is 0.0587. The second kappa shape index (κ2) is 5.85.